The van der Waals surface area contributed by atoms with Crippen LogP contribution in [0, 0.1) is 19.7 Å². The van der Waals surface area contributed by atoms with Crippen molar-refractivity contribution in [3.8, 4) is 11.5 Å². The average Bonchev–Trinajstić information content (AvgIpc) is 2.48. The van der Waals surface area contributed by atoms with Crippen LogP contribution in [0.2, 0.25) is 0 Å². The van der Waals surface area contributed by atoms with Gasteiger partial charge in [0, 0.05) is 0 Å². The molecule has 2 rings (SSSR count). The first kappa shape index (κ1) is 8.94. The third kappa shape index (κ3) is 1.41. The van der Waals surface area contributed by atoms with E-state index in [0.29, 0.717) is 11.5 Å². The lowest BCUT2D eigenvalue weighted by Gasteiger charge is -1.95. The van der Waals surface area contributed by atoms with Crippen LogP contribution in [0.15, 0.2) is 28.7 Å². The Hall–Kier alpha value is -1.64. The quantitative estimate of drug-likeness (QED) is 0.692. The molecular formula is C11H10FNO. The van der Waals surface area contributed by atoms with Gasteiger partial charge in [0.05, 0.1) is 11.3 Å². The summed E-state index contributed by atoms with van der Waals surface area (Å²) >= 11 is 0. The van der Waals surface area contributed by atoms with Crippen LogP contribution in [-0.2, 0) is 0 Å². The summed E-state index contributed by atoms with van der Waals surface area (Å²) in [5.74, 6) is 0.759. The summed E-state index contributed by atoms with van der Waals surface area (Å²) in [5.41, 5.74) is 1.20. The van der Waals surface area contributed by atoms with Crippen molar-refractivity contribution in [2.75, 3.05) is 0 Å². The van der Waals surface area contributed by atoms with Crippen molar-refractivity contribution in [1.29, 1.82) is 0 Å². The Morgan fingerprint density at radius 1 is 1.21 bits per heavy atom. The number of hydrogen-bond acceptors (Lipinski definition) is 2. The van der Waals surface area contributed by atoms with E-state index in [2.05, 4.69) is 4.98 Å². The molecule has 1 heterocycles. The maximum absolute atomic E-state index is 13.3. The molecule has 1 aromatic heterocycles. The highest BCUT2D eigenvalue weighted by Gasteiger charge is 2.11. The standard InChI is InChI=1S/C11H10FNO/c1-7-8(2)14-11(13-7)9-5-3-4-6-10(9)12/h3-6H,1-2H3. The summed E-state index contributed by atoms with van der Waals surface area (Å²) < 4.78 is 18.6. The predicted octanol–water partition coefficient (Wildman–Crippen LogP) is 3.10. The molecular weight excluding hydrogens is 181 g/mol. The number of hydrogen-bond donors (Lipinski definition) is 0. The molecule has 0 radical (unpaired) electrons. The molecule has 72 valence electrons. The van der Waals surface area contributed by atoms with Gasteiger partial charge in [-0.05, 0) is 26.0 Å². The zero-order valence-electron chi connectivity index (χ0n) is 8.04. The van der Waals surface area contributed by atoms with E-state index in [4.69, 9.17) is 4.42 Å². The van der Waals surface area contributed by atoms with Gasteiger partial charge in [-0.3, -0.25) is 0 Å². The summed E-state index contributed by atoms with van der Waals surface area (Å²) in [5, 5.41) is 0. The predicted molar refractivity (Wildman–Crippen MR) is 51.4 cm³/mol. The lowest BCUT2D eigenvalue weighted by atomic mass is 10.2. The van der Waals surface area contributed by atoms with Crippen LogP contribution in [0.25, 0.3) is 11.5 Å². The molecule has 14 heavy (non-hydrogen) atoms. The number of halogens is 1. The Morgan fingerprint density at radius 3 is 2.50 bits per heavy atom. The molecule has 0 aliphatic carbocycles. The van der Waals surface area contributed by atoms with E-state index in [0.717, 1.165) is 11.5 Å². The van der Waals surface area contributed by atoms with Crippen LogP contribution in [0.5, 0.6) is 0 Å². The normalized spacial score (nSPS) is 10.5. The SMILES string of the molecule is Cc1nc(-c2ccccc2F)oc1C. The second-order valence-corrected chi connectivity index (χ2v) is 3.14. The highest BCUT2D eigenvalue weighted by Crippen LogP contribution is 2.23. The number of aryl methyl sites for hydroxylation is 2. The molecule has 0 fully saturated rings. The molecule has 2 nitrogen and oxygen atoms in total. The Bertz CT molecular complexity index is 443. The largest absolute Gasteiger partial charge is 0.441 e. The zero-order chi connectivity index (χ0) is 10.1. The minimum absolute atomic E-state index is 0.311. The van der Waals surface area contributed by atoms with E-state index >= 15 is 0 Å². The van der Waals surface area contributed by atoms with Crippen molar-refractivity contribution in [2.24, 2.45) is 0 Å². The van der Waals surface area contributed by atoms with Crippen LogP contribution in [0.3, 0.4) is 0 Å². The Kier molecular flexibility index (Phi) is 2.08. The van der Waals surface area contributed by atoms with Crippen LogP contribution in [-0.4, -0.2) is 4.98 Å². The highest BCUT2D eigenvalue weighted by molar-refractivity contribution is 5.54. The highest BCUT2D eigenvalue weighted by atomic mass is 19.1. The molecule has 0 saturated heterocycles. The van der Waals surface area contributed by atoms with Crippen LogP contribution >= 0.6 is 0 Å². The first-order valence-electron chi connectivity index (χ1n) is 4.37. The second kappa shape index (κ2) is 3.25. The van der Waals surface area contributed by atoms with Gasteiger partial charge in [-0.1, -0.05) is 12.1 Å². The van der Waals surface area contributed by atoms with Gasteiger partial charge in [-0.15, -0.1) is 0 Å². The maximum Gasteiger partial charge on any atom is 0.229 e. The summed E-state index contributed by atoms with van der Waals surface area (Å²) in [4.78, 5) is 4.13. The average molecular weight is 191 g/mol. The van der Waals surface area contributed by atoms with Crippen molar-refractivity contribution >= 4 is 0 Å². The number of benzene rings is 1. The molecule has 3 heteroatoms. The molecule has 0 bridgehead atoms. The molecule has 1 aromatic carbocycles. The molecule has 0 atom stereocenters. The van der Waals surface area contributed by atoms with Crippen LogP contribution in [0.1, 0.15) is 11.5 Å². The molecule has 0 spiro atoms. The van der Waals surface area contributed by atoms with Crippen molar-refractivity contribution < 1.29 is 8.81 Å². The van der Waals surface area contributed by atoms with Gasteiger partial charge in [0.1, 0.15) is 11.6 Å². The molecule has 0 aliphatic rings. The van der Waals surface area contributed by atoms with E-state index in [-0.39, 0.29) is 5.82 Å². The van der Waals surface area contributed by atoms with Gasteiger partial charge in [0.2, 0.25) is 5.89 Å². The third-order valence-corrected chi connectivity index (χ3v) is 2.13. The summed E-state index contributed by atoms with van der Waals surface area (Å²) in [7, 11) is 0. The molecule has 0 unspecified atom stereocenters. The number of oxazole rings is 1. The van der Waals surface area contributed by atoms with Crippen LogP contribution in [0.4, 0.5) is 4.39 Å². The van der Waals surface area contributed by atoms with E-state index < -0.39 is 0 Å². The van der Waals surface area contributed by atoms with Crippen molar-refractivity contribution in [3.05, 3.63) is 41.5 Å². The molecule has 0 saturated carbocycles. The third-order valence-electron chi connectivity index (χ3n) is 2.13. The Labute approximate surface area is 81.4 Å². The van der Waals surface area contributed by atoms with Crippen LogP contribution < -0.4 is 0 Å². The van der Waals surface area contributed by atoms with Crippen molar-refractivity contribution in [1.82, 2.24) is 4.98 Å². The first-order valence-corrected chi connectivity index (χ1v) is 4.37. The summed E-state index contributed by atoms with van der Waals surface area (Å²) in [6, 6.07) is 6.44. The fraction of sp³-hybridized carbons (Fsp3) is 0.182. The van der Waals surface area contributed by atoms with E-state index in [1.807, 2.05) is 13.8 Å². The topological polar surface area (TPSA) is 26.0 Å². The number of nitrogens with zero attached hydrogens (tertiary/aromatic N) is 1. The lowest BCUT2D eigenvalue weighted by molar-refractivity contribution is 0.533. The van der Waals surface area contributed by atoms with Gasteiger partial charge in [-0.2, -0.15) is 0 Å². The van der Waals surface area contributed by atoms with Gasteiger partial charge in [0.15, 0.2) is 0 Å². The van der Waals surface area contributed by atoms with E-state index in [9.17, 15) is 4.39 Å². The fourth-order valence-electron chi connectivity index (χ4n) is 1.22. The number of aromatic nitrogens is 1. The lowest BCUT2D eigenvalue weighted by Crippen LogP contribution is -1.83. The molecule has 2 aromatic rings. The molecule has 0 aliphatic heterocycles. The van der Waals surface area contributed by atoms with Crippen molar-refractivity contribution in [2.45, 2.75) is 13.8 Å². The second-order valence-electron chi connectivity index (χ2n) is 3.14. The minimum atomic E-state index is -0.311. The summed E-state index contributed by atoms with van der Waals surface area (Å²) in [6.07, 6.45) is 0. The minimum Gasteiger partial charge on any atom is -0.441 e. The smallest absolute Gasteiger partial charge is 0.229 e. The fourth-order valence-corrected chi connectivity index (χ4v) is 1.22. The van der Waals surface area contributed by atoms with Gasteiger partial charge in [-0.25, -0.2) is 9.37 Å². The first-order chi connectivity index (χ1) is 6.68. The monoisotopic (exact) mass is 191 g/mol. The Balaban J connectivity index is 2.55. The summed E-state index contributed by atoms with van der Waals surface area (Å²) in [6.45, 7) is 3.65. The molecule has 0 amide bonds. The van der Waals surface area contributed by atoms with Gasteiger partial charge in [0.25, 0.3) is 0 Å². The maximum atomic E-state index is 13.3. The van der Waals surface area contributed by atoms with Gasteiger partial charge < -0.3 is 4.42 Å². The van der Waals surface area contributed by atoms with E-state index in [1.54, 1.807) is 18.2 Å². The number of rotatable bonds is 1. The van der Waals surface area contributed by atoms with Gasteiger partial charge >= 0.3 is 0 Å². The Morgan fingerprint density at radius 2 is 1.93 bits per heavy atom. The van der Waals surface area contributed by atoms with E-state index in [1.165, 1.54) is 6.07 Å². The molecule has 0 N–H and O–H groups in total. The zero-order valence-corrected chi connectivity index (χ0v) is 8.04. The van der Waals surface area contributed by atoms with Crippen molar-refractivity contribution in [3.63, 3.8) is 0 Å².